The van der Waals surface area contributed by atoms with Gasteiger partial charge in [-0.05, 0) is 66.8 Å². The zero-order valence-corrected chi connectivity index (χ0v) is 15.3. The normalized spacial score (nSPS) is 10.2. The summed E-state index contributed by atoms with van der Waals surface area (Å²) in [6, 6.07) is 22.4. The van der Waals surface area contributed by atoms with Crippen LogP contribution in [-0.4, -0.2) is 5.11 Å². The third-order valence-electron chi connectivity index (χ3n) is 3.27. The Kier molecular flexibility index (Phi) is 5.76. The number of nitrogens with one attached hydrogen (secondary N) is 2. The minimum atomic E-state index is 0.454. The van der Waals surface area contributed by atoms with Gasteiger partial charge in [-0.25, -0.2) is 0 Å². The van der Waals surface area contributed by atoms with Crippen molar-refractivity contribution in [1.82, 2.24) is 0 Å². The highest BCUT2D eigenvalue weighted by atomic mass is 35.5. The fourth-order valence-corrected chi connectivity index (χ4v) is 2.63. The molecule has 0 atom stereocenters. The molecule has 0 aromatic heterocycles. The first-order chi connectivity index (χ1) is 12.1. The number of hydrogen-bond donors (Lipinski definition) is 2. The summed E-state index contributed by atoms with van der Waals surface area (Å²) in [5.74, 6) is 1.54. The molecule has 0 amide bonds. The SMILES string of the molecule is S=C(Nc1ccc(Oc2ccccc2)cc1)Nc1ccc(Cl)c(Cl)c1. The molecule has 3 rings (SSSR count). The van der Waals surface area contributed by atoms with E-state index in [9.17, 15) is 0 Å². The van der Waals surface area contributed by atoms with Crippen LogP contribution < -0.4 is 15.4 Å². The van der Waals surface area contributed by atoms with Crippen molar-refractivity contribution in [2.75, 3.05) is 10.6 Å². The van der Waals surface area contributed by atoms with E-state index in [1.807, 2.05) is 54.6 Å². The van der Waals surface area contributed by atoms with E-state index in [0.29, 0.717) is 15.2 Å². The second kappa shape index (κ2) is 8.21. The molecule has 2 N–H and O–H groups in total. The smallest absolute Gasteiger partial charge is 0.175 e. The van der Waals surface area contributed by atoms with Crippen LogP contribution in [0.4, 0.5) is 11.4 Å². The largest absolute Gasteiger partial charge is 0.457 e. The van der Waals surface area contributed by atoms with Gasteiger partial charge in [0.25, 0.3) is 0 Å². The Morgan fingerprint density at radius 2 is 1.32 bits per heavy atom. The van der Waals surface area contributed by atoms with E-state index in [2.05, 4.69) is 10.6 Å². The van der Waals surface area contributed by atoms with Crippen LogP contribution in [0.3, 0.4) is 0 Å². The van der Waals surface area contributed by atoms with Gasteiger partial charge in [-0.2, -0.15) is 0 Å². The summed E-state index contributed by atoms with van der Waals surface area (Å²) in [6.07, 6.45) is 0. The summed E-state index contributed by atoms with van der Waals surface area (Å²) in [7, 11) is 0. The first kappa shape index (κ1) is 17.5. The van der Waals surface area contributed by atoms with E-state index in [4.69, 9.17) is 40.2 Å². The molecule has 0 saturated carbocycles. The van der Waals surface area contributed by atoms with Crippen LogP contribution in [0.1, 0.15) is 0 Å². The van der Waals surface area contributed by atoms with Gasteiger partial charge in [0.15, 0.2) is 5.11 Å². The molecular formula is C19H14Cl2N2OS. The minimum Gasteiger partial charge on any atom is -0.457 e. The Balaban J connectivity index is 1.59. The number of thiocarbonyl (C=S) groups is 1. The Labute approximate surface area is 161 Å². The van der Waals surface area contributed by atoms with Gasteiger partial charge in [-0.1, -0.05) is 41.4 Å². The molecule has 0 aliphatic heterocycles. The fourth-order valence-electron chi connectivity index (χ4n) is 2.10. The Hall–Kier alpha value is -2.27. The van der Waals surface area contributed by atoms with Gasteiger partial charge in [0, 0.05) is 11.4 Å². The molecule has 0 aliphatic carbocycles. The summed E-state index contributed by atoms with van der Waals surface area (Å²) in [6.45, 7) is 0. The van der Waals surface area contributed by atoms with Gasteiger partial charge >= 0.3 is 0 Å². The Morgan fingerprint density at radius 3 is 2.00 bits per heavy atom. The van der Waals surface area contributed by atoms with Crippen LogP contribution in [0.2, 0.25) is 10.0 Å². The van der Waals surface area contributed by atoms with Crippen LogP contribution in [-0.2, 0) is 0 Å². The summed E-state index contributed by atoms with van der Waals surface area (Å²) in [4.78, 5) is 0. The van der Waals surface area contributed by atoms with Crippen molar-refractivity contribution in [2.45, 2.75) is 0 Å². The Bertz CT molecular complexity index is 870. The second-order valence-electron chi connectivity index (χ2n) is 5.15. The first-order valence-corrected chi connectivity index (χ1v) is 8.62. The average molecular weight is 389 g/mol. The van der Waals surface area contributed by atoms with Crippen LogP contribution in [0.25, 0.3) is 0 Å². The summed E-state index contributed by atoms with van der Waals surface area (Å²) >= 11 is 17.2. The van der Waals surface area contributed by atoms with Gasteiger partial charge in [0.05, 0.1) is 10.0 Å². The van der Waals surface area contributed by atoms with Crippen molar-refractivity contribution in [1.29, 1.82) is 0 Å². The van der Waals surface area contributed by atoms with Gasteiger partial charge in [-0.15, -0.1) is 0 Å². The lowest BCUT2D eigenvalue weighted by molar-refractivity contribution is 0.483. The first-order valence-electron chi connectivity index (χ1n) is 7.46. The number of para-hydroxylation sites is 1. The highest BCUT2D eigenvalue weighted by Gasteiger charge is 2.03. The third-order valence-corrected chi connectivity index (χ3v) is 4.21. The molecule has 0 unspecified atom stereocenters. The quantitative estimate of drug-likeness (QED) is 0.493. The zero-order chi connectivity index (χ0) is 17.6. The Morgan fingerprint density at radius 1 is 0.720 bits per heavy atom. The predicted molar refractivity (Wildman–Crippen MR) is 109 cm³/mol. The molecule has 0 radical (unpaired) electrons. The van der Waals surface area contributed by atoms with Gasteiger partial charge in [0.1, 0.15) is 11.5 Å². The molecule has 0 aliphatic rings. The van der Waals surface area contributed by atoms with Gasteiger partial charge < -0.3 is 15.4 Å². The number of anilines is 2. The molecule has 0 spiro atoms. The lowest BCUT2D eigenvalue weighted by atomic mass is 10.3. The maximum Gasteiger partial charge on any atom is 0.175 e. The number of halogens is 2. The van der Waals surface area contributed by atoms with Crippen molar-refractivity contribution in [3.05, 3.63) is 82.8 Å². The highest BCUT2D eigenvalue weighted by Crippen LogP contribution is 2.25. The maximum absolute atomic E-state index is 5.99. The van der Waals surface area contributed by atoms with E-state index in [0.717, 1.165) is 22.9 Å². The number of rotatable bonds is 4. The maximum atomic E-state index is 5.99. The minimum absolute atomic E-state index is 0.454. The summed E-state index contributed by atoms with van der Waals surface area (Å²) < 4.78 is 5.75. The lowest BCUT2D eigenvalue weighted by Crippen LogP contribution is -2.18. The molecule has 25 heavy (non-hydrogen) atoms. The molecule has 3 aromatic carbocycles. The van der Waals surface area contributed by atoms with E-state index < -0.39 is 0 Å². The molecule has 0 heterocycles. The van der Waals surface area contributed by atoms with Gasteiger partial charge in [-0.3, -0.25) is 0 Å². The lowest BCUT2D eigenvalue weighted by Gasteiger charge is -2.12. The molecular weight excluding hydrogens is 375 g/mol. The number of benzene rings is 3. The molecule has 3 nitrogen and oxygen atoms in total. The highest BCUT2D eigenvalue weighted by molar-refractivity contribution is 7.80. The van der Waals surface area contributed by atoms with Gasteiger partial charge in [0.2, 0.25) is 0 Å². The molecule has 0 bridgehead atoms. The average Bonchev–Trinajstić information content (AvgIpc) is 2.61. The van der Waals surface area contributed by atoms with Crippen LogP contribution in [0.5, 0.6) is 11.5 Å². The molecule has 126 valence electrons. The monoisotopic (exact) mass is 388 g/mol. The topological polar surface area (TPSA) is 33.3 Å². The third kappa shape index (κ3) is 5.10. The van der Waals surface area contributed by atoms with Crippen molar-refractivity contribution < 1.29 is 4.74 Å². The van der Waals surface area contributed by atoms with E-state index in [1.54, 1.807) is 18.2 Å². The molecule has 6 heteroatoms. The molecule has 0 fully saturated rings. The van der Waals surface area contributed by atoms with Crippen molar-refractivity contribution in [3.63, 3.8) is 0 Å². The van der Waals surface area contributed by atoms with E-state index >= 15 is 0 Å². The second-order valence-corrected chi connectivity index (χ2v) is 6.37. The summed E-state index contributed by atoms with van der Waals surface area (Å²) in [5.41, 5.74) is 1.61. The van der Waals surface area contributed by atoms with E-state index in [-0.39, 0.29) is 0 Å². The molecule has 3 aromatic rings. The standard InChI is InChI=1S/C19H14Cl2N2OS/c20-17-11-8-14(12-18(17)21)23-19(25)22-13-6-9-16(10-7-13)24-15-4-2-1-3-5-15/h1-12H,(H2,22,23,25). The number of ether oxygens (including phenoxy) is 1. The van der Waals surface area contributed by atoms with Crippen molar-refractivity contribution in [2.24, 2.45) is 0 Å². The summed E-state index contributed by atoms with van der Waals surface area (Å²) in [5, 5.41) is 7.59. The number of hydrogen-bond acceptors (Lipinski definition) is 2. The van der Waals surface area contributed by atoms with Crippen molar-refractivity contribution >= 4 is 51.9 Å². The van der Waals surface area contributed by atoms with Crippen molar-refractivity contribution in [3.8, 4) is 11.5 Å². The molecule has 0 saturated heterocycles. The van der Waals surface area contributed by atoms with Crippen LogP contribution in [0.15, 0.2) is 72.8 Å². The van der Waals surface area contributed by atoms with Crippen LogP contribution >= 0.6 is 35.4 Å². The fraction of sp³-hybridized carbons (Fsp3) is 0. The predicted octanol–water partition coefficient (Wildman–Crippen LogP) is 6.59. The van der Waals surface area contributed by atoms with Crippen LogP contribution in [0, 0.1) is 0 Å². The zero-order valence-electron chi connectivity index (χ0n) is 13.0. The van der Waals surface area contributed by atoms with E-state index in [1.165, 1.54) is 0 Å².